The first kappa shape index (κ1) is 15.4. The van der Waals surface area contributed by atoms with Crippen molar-refractivity contribution in [2.75, 3.05) is 5.32 Å². The number of aryl methyl sites for hydroxylation is 1. The quantitative estimate of drug-likeness (QED) is 0.748. The van der Waals surface area contributed by atoms with Gasteiger partial charge < -0.3 is 0 Å². The third kappa shape index (κ3) is 3.26. The van der Waals surface area contributed by atoms with E-state index in [1.54, 1.807) is 18.5 Å². The number of nitrogens with one attached hydrogen (secondary N) is 1. The predicted octanol–water partition coefficient (Wildman–Crippen LogP) is 2.41. The first-order chi connectivity index (χ1) is 12.3. The summed E-state index contributed by atoms with van der Waals surface area (Å²) >= 11 is 0. The van der Waals surface area contributed by atoms with Crippen LogP contribution >= 0.6 is 0 Å². The van der Waals surface area contributed by atoms with Crippen molar-refractivity contribution >= 4 is 11.9 Å². The molecule has 0 radical (unpaired) electrons. The van der Waals surface area contributed by atoms with Crippen molar-refractivity contribution in [2.45, 2.75) is 25.7 Å². The van der Waals surface area contributed by atoms with E-state index >= 15 is 0 Å². The van der Waals surface area contributed by atoms with Crippen LogP contribution in [-0.4, -0.2) is 30.6 Å². The maximum atomic E-state index is 12.8. The molecule has 0 saturated heterocycles. The molecule has 1 N–H and O–H groups in total. The Hall–Kier alpha value is -3.09. The normalized spacial score (nSPS) is 14.9. The van der Waals surface area contributed by atoms with Gasteiger partial charge in [-0.2, -0.15) is 14.8 Å². The maximum absolute atomic E-state index is 12.8. The second kappa shape index (κ2) is 6.43. The molecule has 7 nitrogen and oxygen atoms in total. The molecule has 0 atom stereocenters. The van der Waals surface area contributed by atoms with Crippen LogP contribution in [0, 0.1) is 5.41 Å². The summed E-state index contributed by atoms with van der Waals surface area (Å²) in [7, 11) is 0. The van der Waals surface area contributed by atoms with Gasteiger partial charge in [-0.05, 0) is 37.3 Å². The van der Waals surface area contributed by atoms with Crippen molar-refractivity contribution in [1.82, 2.24) is 24.7 Å². The SMILES string of the molecule is O=C(Nc1ncnn1-c1ncccn1)C1(CCc2ccccc2)CC1. The molecule has 7 heteroatoms. The van der Waals surface area contributed by atoms with Crippen LogP contribution in [0.3, 0.4) is 0 Å². The summed E-state index contributed by atoms with van der Waals surface area (Å²) in [6, 6.07) is 12.0. The Kier molecular flexibility index (Phi) is 3.97. The van der Waals surface area contributed by atoms with Gasteiger partial charge in [0.15, 0.2) is 0 Å². The maximum Gasteiger partial charge on any atom is 0.253 e. The highest BCUT2D eigenvalue weighted by molar-refractivity contribution is 5.96. The van der Waals surface area contributed by atoms with E-state index in [4.69, 9.17) is 0 Å². The van der Waals surface area contributed by atoms with Gasteiger partial charge in [0, 0.05) is 12.4 Å². The molecule has 0 bridgehead atoms. The second-order valence-electron chi connectivity index (χ2n) is 6.26. The highest BCUT2D eigenvalue weighted by atomic mass is 16.2. The largest absolute Gasteiger partial charge is 0.294 e. The minimum Gasteiger partial charge on any atom is -0.294 e. The van der Waals surface area contributed by atoms with E-state index in [1.165, 1.54) is 16.6 Å². The van der Waals surface area contributed by atoms with Gasteiger partial charge in [-0.3, -0.25) is 10.1 Å². The van der Waals surface area contributed by atoms with Crippen molar-refractivity contribution in [3.8, 4) is 5.95 Å². The van der Waals surface area contributed by atoms with Crippen LogP contribution in [0.15, 0.2) is 55.1 Å². The molecule has 1 aliphatic carbocycles. The van der Waals surface area contributed by atoms with Crippen molar-refractivity contribution in [1.29, 1.82) is 0 Å². The highest BCUT2D eigenvalue weighted by Crippen LogP contribution is 2.50. The Morgan fingerprint density at radius 1 is 1.08 bits per heavy atom. The lowest BCUT2D eigenvalue weighted by atomic mass is 9.96. The minimum absolute atomic E-state index is 0.00591. The number of carbonyl (C=O) groups excluding carboxylic acids is 1. The molecular formula is C18H18N6O. The van der Waals surface area contributed by atoms with E-state index in [1.807, 2.05) is 18.2 Å². The number of carbonyl (C=O) groups is 1. The predicted molar refractivity (Wildman–Crippen MR) is 92.0 cm³/mol. The highest BCUT2D eigenvalue weighted by Gasteiger charge is 2.49. The van der Waals surface area contributed by atoms with Gasteiger partial charge in [-0.15, -0.1) is 0 Å². The average Bonchev–Trinajstić information content (AvgIpc) is 3.33. The Morgan fingerprint density at radius 2 is 1.84 bits per heavy atom. The first-order valence-corrected chi connectivity index (χ1v) is 8.30. The molecule has 1 aliphatic rings. The van der Waals surface area contributed by atoms with Crippen molar-refractivity contribution in [2.24, 2.45) is 5.41 Å². The van der Waals surface area contributed by atoms with Crippen LogP contribution < -0.4 is 5.32 Å². The number of anilines is 1. The standard InChI is InChI=1S/C18H18N6O/c25-15(18(9-10-18)8-7-14-5-2-1-3-6-14)23-17-21-13-22-24(17)16-19-11-4-12-20-16/h1-6,11-13H,7-10H2,(H,21,22,23,25). The molecular weight excluding hydrogens is 316 g/mol. The zero-order valence-electron chi connectivity index (χ0n) is 13.7. The summed E-state index contributed by atoms with van der Waals surface area (Å²) in [6.07, 6.45) is 8.16. The van der Waals surface area contributed by atoms with Crippen LogP contribution in [0.2, 0.25) is 0 Å². The molecule has 4 rings (SSSR count). The summed E-state index contributed by atoms with van der Waals surface area (Å²) in [6.45, 7) is 0. The van der Waals surface area contributed by atoms with Crippen LogP contribution in [-0.2, 0) is 11.2 Å². The Bertz CT molecular complexity index is 858. The van der Waals surface area contributed by atoms with Crippen LogP contribution in [0.1, 0.15) is 24.8 Å². The van der Waals surface area contributed by atoms with Crippen molar-refractivity contribution in [3.05, 3.63) is 60.7 Å². The Balaban J connectivity index is 1.45. The summed E-state index contributed by atoms with van der Waals surface area (Å²) in [5, 5.41) is 7.00. The number of benzene rings is 1. The number of rotatable bonds is 6. The monoisotopic (exact) mass is 334 g/mol. The first-order valence-electron chi connectivity index (χ1n) is 8.30. The van der Waals surface area contributed by atoms with E-state index in [2.05, 4.69) is 37.5 Å². The molecule has 0 spiro atoms. The molecule has 1 amide bonds. The number of hydrogen-bond acceptors (Lipinski definition) is 5. The minimum atomic E-state index is -0.301. The smallest absolute Gasteiger partial charge is 0.253 e. The number of hydrogen-bond donors (Lipinski definition) is 1. The van der Waals surface area contributed by atoms with Crippen LogP contribution in [0.25, 0.3) is 5.95 Å². The van der Waals surface area contributed by atoms with E-state index < -0.39 is 0 Å². The Morgan fingerprint density at radius 3 is 2.56 bits per heavy atom. The Labute approximate surface area is 145 Å². The molecule has 2 aromatic heterocycles. The van der Waals surface area contributed by atoms with Gasteiger partial charge in [0.2, 0.25) is 11.9 Å². The van der Waals surface area contributed by atoms with E-state index in [9.17, 15) is 4.79 Å². The fourth-order valence-corrected chi connectivity index (χ4v) is 2.88. The van der Waals surface area contributed by atoms with Crippen molar-refractivity contribution < 1.29 is 4.79 Å². The third-order valence-corrected chi connectivity index (χ3v) is 4.58. The topological polar surface area (TPSA) is 85.6 Å². The molecule has 2 heterocycles. The van der Waals surface area contributed by atoms with E-state index in [0.29, 0.717) is 11.9 Å². The summed E-state index contributed by atoms with van der Waals surface area (Å²) in [5.74, 6) is 0.722. The van der Waals surface area contributed by atoms with Crippen LogP contribution in [0.4, 0.5) is 5.95 Å². The van der Waals surface area contributed by atoms with Gasteiger partial charge in [0.25, 0.3) is 5.95 Å². The molecule has 126 valence electrons. The third-order valence-electron chi connectivity index (χ3n) is 4.58. The molecule has 1 saturated carbocycles. The van der Waals surface area contributed by atoms with Crippen LogP contribution in [0.5, 0.6) is 0 Å². The van der Waals surface area contributed by atoms with Gasteiger partial charge >= 0.3 is 0 Å². The van der Waals surface area contributed by atoms with E-state index in [-0.39, 0.29) is 11.3 Å². The molecule has 0 unspecified atom stereocenters. The number of nitrogens with zero attached hydrogens (tertiary/aromatic N) is 5. The van der Waals surface area contributed by atoms with Gasteiger partial charge in [-0.25, -0.2) is 9.97 Å². The molecule has 0 aliphatic heterocycles. The van der Waals surface area contributed by atoms with Crippen molar-refractivity contribution in [3.63, 3.8) is 0 Å². The van der Waals surface area contributed by atoms with E-state index in [0.717, 1.165) is 25.7 Å². The zero-order chi connectivity index (χ0) is 17.1. The molecule has 1 aromatic carbocycles. The van der Waals surface area contributed by atoms with Gasteiger partial charge in [0.05, 0.1) is 5.41 Å². The number of amides is 1. The molecule has 25 heavy (non-hydrogen) atoms. The summed E-state index contributed by atoms with van der Waals surface area (Å²) < 4.78 is 1.44. The molecule has 3 aromatic rings. The second-order valence-corrected chi connectivity index (χ2v) is 6.26. The lowest BCUT2D eigenvalue weighted by Gasteiger charge is -2.15. The summed E-state index contributed by atoms with van der Waals surface area (Å²) in [4.78, 5) is 25.2. The zero-order valence-corrected chi connectivity index (χ0v) is 13.7. The lowest BCUT2D eigenvalue weighted by molar-refractivity contribution is -0.121. The number of aromatic nitrogens is 5. The van der Waals surface area contributed by atoms with Gasteiger partial charge in [0.1, 0.15) is 6.33 Å². The fourth-order valence-electron chi connectivity index (χ4n) is 2.88. The average molecular weight is 334 g/mol. The lowest BCUT2D eigenvalue weighted by Crippen LogP contribution is -2.26. The molecule has 1 fully saturated rings. The van der Waals surface area contributed by atoms with Gasteiger partial charge in [-0.1, -0.05) is 30.3 Å². The summed E-state index contributed by atoms with van der Waals surface area (Å²) in [5.41, 5.74) is 0.951. The fraction of sp³-hybridized carbons (Fsp3) is 0.278.